The average Bonchev–Trinajstić information content (AvgIpc) is 2.42. The summed E-state index contributed by atoms with van der Waals surface area (Å²) in [6.07, 6.45) is -5.99. The van der Waals surface area contributed by atoms with Crippen molar-refractivity contribution < 1.29 is 42.9 Å². The highest BCUT2D eigenvalue weighted by Gasteiger charge is 2.53. The lowest BCUT2D eigenvalue weighted by Crippen LogP contribution is -2.62. The van der Waals surface area contributed by atoms with E-state index >= 15 is 0 Å². The molecule has 9 heteroatoms. The Bertz CT molecular complexity index is 568. The third kappa shape index (κ3) is 5.86. The maximum absolute atomic E-state index is 11.5. The zero-order chi connectivity index (χ0) is 19.3. The van der Waals surface area contributed by atoms with Gasteiger partial charge in [0.25, 0.3) is 0 Å². The molecule has 0 spiro atoms. The summed E-state index contributed by atoms with van der Waals surface area (Å²) < 4.78 is 26.2. The van der Waals surface area contributed by atoms with Gasteiger partial charge in [-0.3, -0.25) is 19.2 Å². The average molecular weight is 358 g/mol. The molecule has 0 aromatic heterocycles. The van der Waals surface area contributed by atoms with Crippen molar-refractivity contribution in [2.75, 3.05) is 0 Å². The van der Waals surface area contributed by atoms with Crippen LogP contribution in [0.5, 0.6) is 0 Å². The van der Waals surface area contributed by atoms with E-state index in [0.717, 1.165) is 20.8 Å². The van der Waals surface area contributed by atoms with E-state index < -0.39 is 54.6 Å². The summed E-state index contributed by atoms with van der Waals surface area (Å²) in [5.41, 5.74) is 0.432. The Kier molecular flexibility index (Phi) is 7.10. The van der Waals surface area contributed by atoms with Gasteiger partial charge in [0.1, 0.15) is 6.10 Å². The highest BCUT2D eigenvalue weighted by Crippen LogP contribution is 2.32. The quantitative estimate of drug-likeness (QED) is 0.397. The second kappa shape index (κ2) is 8.61. The Hall–Kier alpha value is -2.42. The van der Waals surface area contributed by atoms with E-state index in [1.807, 2.05) is 0 Å². The minimum atomic E-state index is -1.36. The fraction of sp³-hybridized carbons (Fsp3) is 0.625. The van der Waals surface area contributed by atoms with Crippen molar-refractivity contribution in [1.82, 2.24) is 0 Å². The minimum Gasteiger partial charge on any atom is -0.455 e. The molecule has 0 radical (unpaired) electrons. The van der Waals surface area contributed by atoms with Crippen LogP contribution in [0.3, 0.4) is 0 Å². The standard InChI is InChI=1S/C16H22O9/c1-7(2)12-13(21-8(3)17)14(22-9(4)18)15(23-10(5)19)16(25-12)24-11(6)20/h12-16H,1H2,2-6H3/t12-,13-,14+,15-,16-/m1/s1. The Balaban J connectivity index is 3.33. The summed E-state index contributed by atoms with van der Waals surface area (Å²) in [4.78, 5) is 45.7. The van der Waals surface area contributed by atoms with E-state index in [2.05, 4.69) is 6.58 Å². The van der Waals surface area contributed by atoms with Crippen molar-refractivity contribution >= 4 is 23.9 Å². The summed E-state index contributed by atoms with van der Waals surface area (Å²) in [5, 5.41) is 0. The van der Waals surface area contributed by atoms with E-state index in [-0.39, 0.29) is 0 Å². The highest BCUT2D eigenvalue weighted by molar-refractivity contribution is 5.69. The molecule has 1 aliphatic rings. The lowest BCUT2D eigenvalue weighted by molar-refractivity contribution is -0.289. The first kappa shape index (κ1) is 20.6. The number of carbonyl (C=O) groups excluding carboxylic acids is 4. The summed E-state index contributed by atoms with van der Waals surface area (Å²) in [6.45, 7) is 9.92. The van der Waals surface area contributed by atoms with E-state index in [0.29, 0.717) is 5.57 Å². The van der Waals surface area contributed by atoms with Crippen LogP contribution in [0.1, 0.15) is 34.6 Å². The highest BCUT2D eigenvalue weighted by atomic mass is 16.7. The first-order chi connectivity index (χ1) is 11.5. The molecular weight excluding hydrogens is 336 g/mol. The summed E-state index contributed by atoms with van der Waals surface area (Å²) >= 11 is 0. The minimum absolute atomic E-state index is 0.432. The molecule has 25 heavy (non-hydrogen) atoms. The van der Waals surface area contributed by atoms with Crippen LogP contribution < -0.4 is 0 Å². The third-order valence-corrected chi connectivity index (χ3v) is 3.17. The molecule has 0 saturated carbocycles. The predicted octanol–water partition coefficient (Wildman–Crippen LogP) is 0.646. The first-order valence-corrected chi connectivity index (χ1v) is 7.52. The molecular formula is C16H22O9. The Morgan fingerprint density at radius 1 is 0.680 bits per heavy atom. The van der Waals surface area contributed by atoms with Crippen molar-refractivity contribution in [2.24, 2.45) is 0 Å². The molecule has 0 unspecified atom stereocenters. The topological polar surface area (TPSA) is 114 Å². The van der Waals surface area contributed by atoms with Gasteiger partial charge in [-0.1, -0.05) is 6.58 Å². The predicted molar refractivity (Wildman–Crippen MR) is 81.9 cm³/mol. The number of rotatable bonds is 5. The van der Waals surface area contributed by atoms with Gasteiger partial charge >= 0.3 is 23.9 Å². The van der Waals surface area contributed by atoms with Crippen molar-refractivity contribution in [1.29, 1.82) is 0 Å². The van der Waals surface area contributed by atoms with Gasteiger partial charge in [-0.2, -0.15) is 0 Å². The van der Waals surface area contributed by atoms with Gasteiger partial charge in [-0.15, -0.1) is 0 Å². The van der Waals surface area contributed by atoms with Gasteiger partial charge in [0.15, 0.2) is 12.2 Å². The van der Waals surface area contributed by atoms with Crippen LogP contribution in [0, 0.1) is 0 Å². The molecule has 0 aliphatic carbocycles. The maximum atomic E-state index is 11.5. The largest absolute Gasteiger partial charge is 0.455 e. The molecule has 0 bridgehead atoms. The lowest BCUT2D eigenvalue weighted by atomic mass is 9.94. The molecule has 1 rings (SSSR count). The molecule has 1 saturated heterocycles. The van der Waals surface area contributed by atoms with Gasteiger partial charge in [0.05, 0.1) is 0 Å². The van der Waals surface area contributed by atoms with Gasteiger partial charge in [-0.05, 0) is 12.5 Å². The van der Waals surface area contributed by atoms with Crippen LogP contribution in [0.2, 0.25) is 0 Å². The van der Waals surface area contributed by atoms with E-state index in [4.69, 9.17) is 23.7 Å². The molecule has 1 heterocycles. The van der Waals surface area contributed by atoms with Crippen LogP contribution in [0.4, 0.5) is 0 Å². The Morgan fingerprint density at radius 2 is 1.08 bits per heavy atom. The zero-order valence-corrected chi connectivity index (χ0v) is 14.8. The lowest BCUT2D eigenvalue weighted by Gasteiger charge is -2.44. The van der Waals surface area contributed by atoms with E-state index in [1.165, 1.54) is 6.92 Å². The monoisotopic (exact) mass is 358 g/mol. The maximum Gasteiger partial charge on any atom is 0.305 e. The molecule has 0 N–H and O–H groups in total. The second-order valence-electron chi connectivity index (χ2n) is 5.60. The van der Waals surface area contributed by atoms with Crippen LogP contribution in [-0.2, 0) is 42.9 Å². The van der Waals surface area contributed by atoms with Crippen molar-refractivity contribution in [2.45, 2.75) is 65.3 Å². The SMILES string of the molecule is C=C(C)[C@H]1O[C@@H](OC(C)=O)[C@H](OC(C)=O)[C@@H](OC(C)=O)[C@@H]1OC(C)=O. The number of hydrogen-bond donors (Lipinski definition) is 0. The molecule has 9 nitrogen and oxygen atoms in total. The smallest absolute Gasteiger partial charge is 0.305 e. The number of hydrogen-bond acceptors (Lipinski definition) is 9. The van der Waals surface area contributed by atoms with Gasteiger partial charge in [0.2, 0.25) is 12.4 Å². The third-order valence-electron chi connectivity index (χ3n) is 3.17. The Labute approximate surface area is 145 Å². The molecule has 5 atom stereocenters. The van der Waals surface area contributed by atoms with Gasteiger partial charge in [0, 0.05) is 27.7 Å². The van der Waals surface area contributed by atoms with Gasteiger partial charge in [-0.25, -0.2) is 0 Å². The van der Waals surface area contributed by atoms with E-state index in [9.17, 15) is 19.2 Å². The van der Waals surface area contributed by atoms with Gasteiger partial charge < -0.3 is 23.7 Å². The van der Waals surface area contributed by atoms with Crippen molar-refractivity contribution in [3.8, 4) is 0 Å². The molecule has 1 aliphatic heterocycles. The molecule has 0 aromatic rings. The zero-order valence-electron chi connectivity index (χ0n) is 14.8. The molecule has 140 valence electrons. The van der Waals surface area contributed by atoms with Crippen molar-refractivity contribution in [3.63, 3.8) is 0 Å². The summed E-state index contributed by atoms with van der Waals surface area (Å²) in [5.74, 6) is -2.79. The van der Waals surface area contributed by atoms with Crippen molar-refractivity contribution in [3.05, 3.63) is 12.2 Å². The number of ether oxygens (including phenoxy) is 5. The molecule has 0 aromatic carbocycles. The number of esters is 4. The van der Waals surface area contributed by atoms with Crippen LogP contribution in [0.25, 0.3) is 0 Å². The summed E-state index contributed by atoms with van der Waals surface area (Å²) in [6, 6.07) is 0. The Morgan fingerprint density at radius 3 is 1.48 bits per heavy atom. The fourth-order valence-electron chi connectivity index (χ4n) is 2.43. The molecule has 1 fully saturated rings. The first-order valence-electron chi connectivity index (χ1n) is 7.52. The number of carbonyl (C=O) groups is 4. The van der Waals surface area contributed by atoms with Crippen LogP contribution in [0.15, 0.2) is 12.2 Å². The van der Waals surface area contributed by atoms with Crippen LogP contribution in [-0.4, -0.2) is 54.6 Å². The second-order valence-corrected chi connectivity index (χ2v) is 5.60. The van der Waals surface area contributed by atoms with Crippen LogP contribution >= 0.6 is 0 Å². The normalized spacial score (nSPS) is 28.4. The molecule has 0 amide bonds. The fourth-order valence-corrected chi connectivity index (χ4v) is 2.43. The van der Waals surface area contributed by atoms with E-state index in [1.54, 1.807) is 6.92 Å². The summed E-state index contributed by atoms with van der Waals surface area (Å²) in [7, 11) is 0.